The zero-order valence-corrected chi connectivity index (χ0v) is 20.5. The molecule has 0 saturated heterocycles. The van der Waals surface area contributed by atoms with Crippen LogP contribution in [0, 0.1) is 6.92 Å². The number of aromatic nitrogens is 3. The Bertz CT molecular complexity index is 1560. The topological polar surface area (TPSA) is 152 Å². The van der Waals surface area contributed by atoms with Gasteiger partial charge in [-0.1, -0.05) is 30.3 Å². The van der Waals surface area contributed by atoms with E-state index in [1.54, 1.807) is 36.4 Å². The van der Waals surface area contributed by atoms with Gasteiger partial charge in [-0.3, -0.25) is 19.1 Å². The van der Waals surface area contributed by atoms with E-state index in [0.29, 0.717) is 16.5 Å². The number of carbonyl (C=O) groups excluding carboxylic acids is 3. The van der Waals surface area contributed by atoms with Crippen molar-refractivity contribution in [3.8, 4) is 0 Å². The van der Waals surface area contributed by atoms with Crippen molar-refractivity contribution in [3.63, 3.8) is 0 Å². The van der Waals surface area contributed by atoms with Gasteiger partial charge < -0.3 is 21.5 Å². The summed E-state index contributed by atoms with van der Waals surface area (Å²) in [7, 11) is 0. The van der Waals surface area contributed by atoms with Gasteiger partial charge in [0.05, 0.1) is 35.6 Å². The molecule has 0 radical (unpaired) electrons. The number of nitrogens with one attached hydrogen (secondary N) is 2. The van der Waals surface area contributed by atoms with Crippen molar-refractivity contribution in [1.29, 1.82) is 0 Å². The molecule has 202 valence electrons. The molecular formula is C26H23F3N6O4. The Morgan fingerprint density at radius 3 is 2.38 bits per heavy atom. The Kier molecular flexibility index (Phi) is 7.63. The van der Waals surface area contributed by atoms with Gasteiger partial charge in [-0.25, -0.2) is 4.98 Å². The number of para-hydroxylation sites is 1. The highest BCUT2D eigenvalue weighted by atomic mass is 19.4. The molecule has 0 spiro atoms. The van der Waals surface area contributed by atoms with Crippen molar-refractivity contribution in [2.45, 2.75) is 19.6 Å². The van der Waals surface area contributed by atoms with E-state index in [0.717, 1.165) is 10.7 Å². The maximum absolute atomic E-state index is 13.9. The number of rotatable bonds is 8. The van der Waals surface area contributed by atoms with E-state index in [1.165, 1.54) is 19.1 Å². The van der Waals surface area contributed by atoms with E-state index < -0.39 is 35.3 Å². The van der Waals surface area contributed by atoms with Crippen LogP contribution in [0.4, 0.5) is 18.9 Å². The van der Waals surface area contributed by atoms with Gasteiger partial charge in [0.15, 0.2) is 5.69 Å². The number of alkyl halides is 3. The monoisotopic (exact) mass is 540 g/mol. The predicted molar refractivity (Wildman–Crippen MR) is 135 cm³/mol. The lowest BCUT2D eigenvalue weighted by atomic mass is 10.1. The van der Waals surface area contributed by atoms with E-state index in [2.05, 4.69) is 20.7 Å². The summed E-state index contributed by atoms with van der Waals surface area (Å²) >= 11 is 0. The van der Waals surface area contributed by atoms with Gasteiger partial charge in [-0.05, 0) is 36.8 Å². The second-order valence-corrected chi connectivity index (χ2v) is 8.53. The summed E-state index contributed by atoms with van der Waals surface area (Å²) < 4.78 is 42.9. The Labute approximate surface area is 219 Å². The average molecular weight is 541 g/mol. The molecule has 0 unspecified atom stereocenters. The van der Waals surface area contributed by atoms with Crippen LogP contribution in [0.25, 0.3) is 10.9 Å². The first-order valence-corrected chi connectivity index (χ1v) is 11.6. The number of aliphatic hydroxyl groups excluding tert-OH is 1. The summed E-state index contributed by atoms with van der Waals surface area (Å²) in [6.45, 7) is 1.18. The zero-order chi connectivity index (χ0) is 28.3. The molecule has 10 nitrogen and oxygen atoms in total. The molecular weight excluding hydrogens is 517 g/mol. The van der Waals surface area contributed by atoms with Crippen molar-refractivity contribution >= 4 is 34.3 Å². The summed E-state index contributed by atoms with van der Waals surface area (Å²) in [6.07, 6.45) is -4.88. The van der Waals surface area contributed by atoms with Crippen molar-refractivity contribution in [3.05, 3.63) is 88.4 Å². The fourth-order valence-electron chi connectivity index (χ4n) is 3.92. The van der Waals surface area contributed by atoms with Gasteiger partial charge in [0, 0.05) is 17.5 Å². The SMILES string of the molecule is Cc1c(NC(=O)c2cc(C(N)=O)nc3ccccc23)c(C(F)(F)F)nn1Cc1ccc(C(=O)NCCO)cc1. The van der Waals surface area contributed by atoms with Crippen molar-refractivity contribution < 1.29 is 32.7 Å². The quantitative estimate of drug-likeness (QED) is 0.270. The van der Waals surface area contributed by atoms with Crippen LogP contribution in [-0.4, -0.2) is 50.7 Å². The summed E-state index contributed by atoms with van der Waals surface area (Å²) in [5.74, 6) is -2.20. The predicted octanol–water partition coefficient (Wildman–Crippen LogP) is 2.88. The first-order valence-electron chi connectivity index (χ1n) is 11.6. The molecule has 5 N–H and O–H groups in total. The number of benzene rings is 2. The standard InChI is InChI=1S/C26H23F3N6O4/c1-14-21(33-25(39)18-12-20(23(30)37)32-19-5-3-2-4-17(18)19)22(26(27,28)29)34-35(14)13-15-6-8-16(9-7-15)24(38)31-10-11-36/h2-9,12,36H,10-11,13H2,1H3,(H2,30,37)(H,31,38)(H,33,39). The highest BCUT2D eigenvalue weighted by molar-refractivity contribution is 6.14. The van der Waals surface area contributed by atoms with Crippen LogP contribution in [0.15, 0.2) is 54.6 Å². The summed E-state index contributed by atoms with van der Waals surface area (Å²) in [5, 5.41) is 17.7. The van der Waals surface area contributed by atoms with Crippen molar-refractivity contribution in [1.82, 2.24) is 20.1 Å². The normalized spacial score (nSPS) is 11.4. The molecule has 0 fully saturated rings. The van der Waals surface area contributed by atoms with Gasteiger partial charge >= 0.3 is 6.18 Å². The van der Waals surface area contributed by atoms with Crippen LogP contribution in [0.3, 0.4) is 0 Å². The summed E-state index contributed by atoms with van der Waals surface area (Å²) in [6, 6.07) is 13.6. The Morgan fingerprint density at radius 2 is 1.74 bits per heavy atom. The number of carbonyl (C=O) groups is 3. The molecule has 39 heavy (non-hydrogen) atoms. The molecule has 0 aliphatic carbocycles. The summed E-state index contributed by atoms with van der Waals surface area (Å²) in [5.41, 5.74) is 4.39. The Balaban J connectivity index is 1.67. The first-order chi connectivity index (χ1) is 18.5. The van der Waals surface area contributed by atoms with Crippen molar-refractivity contribution in [2.75, 3.05) is 18.5 Å². The second-order valence-electron chi connectivity index (χ2n) is 8.53. The molecule has 2 heterocycles. The van der Waals surface area contributed by atoms with Gasteiger partial charge in [0.1, 0.15) is 5.69 Å². The molecule has 3 amide bonds. The number of fused-ring (bicyclic) bond motifs is 1. The lowest BCUT2D eigenvalue weighted by molar-refractivity contribution is -0.140. The first kappa shape index (κ1) is 27.3. The number of halogens is 3. The fraction of sp³-hybridized carbons (Fsp3) is 0.192. The number of amides is 3. The third kappa shape index (κ3) is 5.88. The van der Waals surface area contributed by atoms with E-state index >= 15 is 0 Å². The van der Waals surface area contributed by atoms with Gasteiger partial charge in [0.2, 0.25) is 0 Å². The van der Waals surface area contributed by atoms with Crippen LogP contribution in [0.1, 0.15) is 48.2 Å². The number of nitrogens with zero attached hydrogens (tertiary/aromatic N) is 3. The number of hydrogen-bond acceptors (Lipinski definition) is 6. The number of hydrogen-bond donors (Lipinski definition) is 4. The maximum Gasteiger partial charge on any atom is 0.437 e. The second kappa shape index (κ2) is 10.9. The van der Waals surface area contributed by atoms with Gasteiger partial charge in [-0.15, -0.1) is 0 Å². The number of primary amides is 1. The third-order valence-electron chi connectivity index (χ3n) is 5.87. The van der Waals surface area contributed by atoms with E-state index in [4.69, 9.17) is 10.8 Å². The minimum absolute atomic E-state index is 0.0360. The molecule has 0 bridgehead atoms. The Hall–Kier alpha value is -4.78. The number of pyridine rings is 1. The van der Waals surface area contributed by atoms with Crippen molar-refractivity contribution in [2.24, 2.45) is 5.73 Å². The molecule has 0 aliphatic heterocycles. The molecule has 4 aromatic rings. The molecule has 2 aromatic carbocycles. The van der Waals surface area contributed by atoms with Crippen LogP contribution in [-0.2, 0) is 12.7 Å². The third-order valence-corrected chi connectivity index (χ3v) is 5.87. The van der Waals surface area contributed by atoms with Gasteiger partial charge in [-0.2, -0.15) is 18.3 Å². The van der Waals surface area contributed by atoms with Crippen LogP contribution >= 0.6 is 0 Å². The van der Waals surface area contributed by atoms with E-state index in [1.807, 2.05) is 0 Å². The largest absolute Gasteiger partial charge is 0.437 e. The molecule has 0 saturated carbocycles. The average Bonchev–Trinajstić information content (AvgIpc) is 3.21. The lowest BCUT2D eigenvalue weighted by Crippen LogP contribution is -2.26. The minimum Gasteiger partial charge on any atom is -0.395 e. The Morgan fingerprint density at radius 1 is 1.05 bits per heavy atom. The lowest BCUT2D eigenvalue weighted by Gasteiger charge is -2.11. The molecule has 0 atom stereocenters. The fourth-order valence-corrected chi connectivity index (χ4v) is 3.92. The van der Waals surface area contributed by atoms with E-state index in [-0.39, 0.29) is 42.2 Å². The molecule has 13 heteroatoms. The number of anilines is 1. The zero-order valence-electron chi connectivity index (χ0n) is 20.5. The minimum atomic E-state index is -4.88. The smallest absolute Gasteiger partial charge is 0.395 e. The number of nitrogens with two attached hydrogens (primary N) is 1. The molecule has 4 rings (SSSR count). The molecule has 0 aliphatic rings. The number of aliphatic hydroxyl groups is 1. The highest BCUT2D eigenvalue weighted by Gasteiger charge is 2.39. The van der Waals surface area contributed by atoms with Gasteiger partial charge in [0.25, 0.3) is 17.7 Å². The van der Waals surface area contributed by atoms with E-state index in [9.17, 15) is 27.6 Å². The van der Waals surface area contributed by atoms with Crippen LogP contribution in [0.2, 0.25) is 0 Å². The summed E-state index contributed by atoms with van der Waals surface area (Å²) in [4.78, 5) is 41.1. The highest BCUT2D eigenvalue weighted by Crippen LogP contribution is 2.36. The van der Waals surface area contributed by atoms with Crippen LogP contribution < -0.4 is 16.4 Å². The van der Waals surface area contributed by atoms with Crippen LogP contribution in [0.5, 0.6) is 0 Å². The molecule has 2 aromatic heterocycles. The maximum atomic E-state index is 13.9.